The van der Waals surface area contributed by atoms with E-state index in [2.05, 4.69) is 10.5 Å². The maximum atomic E-state index is 12.8. The molecule has 0 unspecified atom stereocenters. The summed E-state index contributed by atoms with van der Waals surface area (Å²) >= 11 is 0. The number of amides is 1. The Bertz CT molecular complexity index is 821. The molecule has 0 spiro atoms. The number of carbonyl (C=O) groups excluding carboxylic acids is 1. The van der Waals surface area contributed by atoms with E-state index < -0.39 is 28.1 Å². The van der Waals surface area contributed by atoms with E-state index in [0.717, 1.165) is 12.3 Å². The van der Waals surface area contributed by atoms with Crippen LogP contribution in [0.15, 0.2) is 41.5 Å². The number of halogens is 1. The van der Waals surface area contributed by atoms with Crippen LogP contribution in [-0.2, 0) is 11.2 Å². The SMILES string of the molecule is COc1cc(/C=N\NC(=O)Cc2ccc(F)cc2)cc([N+](=O)[O-])c1[O-]. The molecule has 130 valence electrons. The van der Waals surface area contributed by atoms with Gasteiger partial charge in [-0.25, -0.2) is 9.82 Å². The van der Waals surface area contributed by atoms with Gasteiger partial charge in [0.15, 0.2) is 0 Å². The Morgan fingerprint density at radius 1 is 1.36 bits per heavy atom. The van der Waals surface area contributed by atoms with Crippen molar-refractivity contribution in [2.24, 2.45) is 5.10 Å². The highest BCUT2D eigenvalue weighted by molar-refractivity contribution is 5.85. The number of methoxy groups -OCH3 is 1. The predicted octanol–water partition coefficient (Wildman–Crippen LogP) is 1.51. The molecule has 2 aromatic carbocycles. The van der Waals surface area contributed by atoms with E-state index in [4.69, 9.17) is 4.74 Å². The molecule has 0 bridgehead atoms. The molecule has 0 aromatic heterocycles. The molecule has 0 radical (unpaired) electrons. The van der Waals surface area contributed by atoms with Gasteiger partial charge in [0.1, 0.15) is 11.6 Å². The summed E-state index contributed by atoms with van der Waals surface area (Å²) < 4.78 is 17.6. The number of benzene rings is 2. The number of carbonyl (C=O) groups is 1. The zero-order chi connectivity index (χ0) is 18.4. The Hall–Kier alpha value is -3.49. The summed E-state index contributed by atoms with van der Waals surface area (Å²) in [6, 6.07) is 7.72. The third-order valence-electron chi connectivity index (χ3n) is 3.15. The van der Waals surface area contributed by atoms with Crippen molar-refractivity contribution in [1.29, 1.82) is 0 Å². The average Bonchev–Trinajstić information content (AvgIpc) is 2.58. The molecule has 0 aliphatic carbocycles. The molecule has 0 saturated heterocycles. The molecule has 8 nitrogen and oxygen atoms in total. The Labute approximate surface area is 141 Å². The van der Waals surface area contributed by atoms with Crippen LogP contribution in [0.2, 0.25) is 0 Å². The first-order valence-corrected chi connectivity index (χ1v) is 7.00. The molecule has 2 aromatic rings. The van der Waals surface area contributed by atoms with Crippen LogP contribution in [0.1, 0.15) is 11.1 Å². The maximum absolute atomic E-state index is 12.8. The second-order valence-electron chi connectivity index (χ2n) is 4.92. The summed E-state index contributed by atoms with van der Waals surface area (Å²) in [5.74, 6) is -1.90. The molecule has 9 heteroatoms. The van der Waals surface area contributed by atoms with Crippen LogP contribution in [0, 0.1) is 15.9 Å². The van der Waals surface area contributed by atoms with Gasteiger partial charge < -0.3 is 9.84 Å². The summed E-state index contributed by atoms with van der Waals surface area (Å²) in [4.78, 5) is 21.8. The van der Waals surface area contributed by atoms with Crippen molar-refractivity contribution in [2.45, 2.75) is 6.42 Å². The minimum atomic E-state index is -0.843. The van der Waals surface area contributed by atoms with Crippen molar-refractivity contribution in [3.05, 3.63) is 63.5 Å². The Kier molecular flexibility index (Phi) is 5.62. The molecule has 0 aliphatic rings. The van der Waals surface area contributed by atoms with Crippen LogP contribution >= 0.6 is 0 Å². The molecule has 25 heavy (non-hydrogen) atoms. The van der Waals surface area contributed by atoms with Crippen molar-refractivity contribution < 1.29 is 24.0 Å². The van der Waals surface area contributed by atoms with E-state index in [1.54, 1.807) is 0 Å². The fourth-order valence-corrected chi connectivity index (χ4v) is 1.98. The Morgan fingerprint density at radius 3 is 2.64 bits per heavy atom. The standard InChI is InChI=1S/C16H14FN3O5/c1-25-14-7-11(6-13(16(14)22)20(23)24)9-18-19-15(21)8-10-2-4-12(17)5-3-10/h2-7,9,22H,8H2,1H3,(H,19,21)/p-1/b18-9-. The summed E-state index contributed by atoms with van der Waals surface area (Å²) in [6.45, 7) is 0. The smallest absolute Gasteiger partial charge is 0.266 e. The van der Waals surface area contributed by atoms with Crippen molar-refractivity contribution in [1.82, 2.24) is 5.43 Å². The summed E-state index contributed by atoms with van der Waals surface area (Å²) in [5.41, 5.74) is 2.40. The molecular weight excluding hydrogens is 333 g/mol. The fourth-order valence-electron chi connectivity index (χ4n) is 1.98. The second kappa shape index (κ2) is 7.86. The number of nitro benzene ring substituents is 1. The topological polar surface area (TPSA) is 117 Å². The van der Waals surface area contributed by atoms with Crippen molar-refractivity contribution in [3.8, 4) is 11.5 Å². The van der Waals surface area contributed by atoms with Crippen molar-refractivity contribution in [2.75, 3.05) is 7.11 Å². The van der Waals surface area contributed by atoms with Gasteiger partial charge >= 0.3 is 0 Å². The average molecular weight is 346 g/mol. The number of rotatable bonds is 6. The first-order chi connectivity index (χ1) is 11.9. The second-order valence-corrected chi connectivity index (χ2v) is 4.92. The van der Waals surface area contributed by atoms with Crippen LogP contribution in [0.4, 0.5) is 10.1 Å². The van der Waals surface area contributed by atoms with Crippen LogP contribution in [0.25, 0.3) is 0 Å². The van der Waals surface area contributed by atoms with Crippen molar-refractivity contribution >= 4 is 17.8 Å². The van der Waals surface area contributed by atoms with Gasteiger partial charge in [0.2, 0.25) is 5.91 Å². The Balaban J connectivity index is 2.06. The van der Waals surface area contributed by atoms with Gasteiger partial charge in [0.25, 0.3) is 5.69 Å². The normalized spacial score (nSPS) is 10.6. The molecule has 1 amide bonds. The summed E-state index contributed by atoms with van der Waals surface area (Å²) in [6.07, 6.45) is 1.14. The van der Waals surface area contributed by atoms with E-state index in [9.17, 15) is 24.4 Å². The van der Waals surface area contributed by atoms with Crippen LogP contribution in [-0.4, -0.2) is 24.2 Å². The van der Waals surface area contributed by atoms with E-state index in [1.165, 1.54) is 37.4 Å². The van der Waals surface area contributed by atoms with Gasteiger partial charge in [0, 0.05) is 17.4 Å². The third kappa shape index (κ3) is 4.74. The number of hydrogen-bond donors (Lipinski definition) is 1. The number of hydrazone groups is 1. The molecule has 0 atom stereocenters. The summed E-state index contributed by atoms with van der Waals surface area (Å²) in [5, 5.41) is 26.2. The molecule has 0 heterocycles. The number of nitro groups is 1. The highest BCUT2D eigenvalue weighted by Gasteiger charge is 2.12. The van der Waals surface area contributed by atoms with Gasteiger partial charge in [-0.2, -0.15) is 5.10 Å². The first-order valence-electron chi connectivity index (χ1n) is 7.00. The Morgan fingerprint density at radius 2 is 2.04 bits per heavy atom. The zero-order valence-corrected chi connectivity index (χ0v) is 13.1. The van der Waals surface area contributed by atoms with E-state index >= 15 is 0 Å². The minimum Gasteiger partial charge on any atom is -0.865 e. The van der Waals surface area contributed by atoms with Gasteiger partial charge in [-0.05, 0) is 23.8 Å². The number of nitrogens with zero attached hydrogens (tertiary/aromatic N) is 2. The van der Waals surface area contributed by atoms with Crippen LogP contribution in [0.3, 0.4) is 0 Å². The van der Waals surface area contributed by atoms with Gasteiger partial charge in [-0.1, -0.05) is 12.1 Å². The molecule has 0 saturated carbocycles. The van der Waals surface area contributed by atoms with Crippen molar-refractivity contribution in [3.63, 3.8) is 0 Å². The predicted molar refractivity (Wildman–Crippen MR) is 84.9 cm³/mol. The molecule has 0 fully saturated rings. The highest BCUT2D eigenvalue weighted by Crippen LogP contribution is 2.33. The number of hydrogen-bond acceptors (Lipinski definition) is 6. The lowest BCUT2D eigenvalue weighted by molar-refractivity contribution is -0.398. The quantitative estimate of drug-likeness (QED) is 0.483. The monoisotopic (exact) mass is 346 g/mol. The number of ether oxygens (including phenoxy) is 1. The molecule has 1 N–H and O–H groups in total. The third-order valence-corrected chi connectivity index (χ3v) is 3.15. The fraction of sp³-hybridized carbons (Fsp3) is 0.125. The highest BCUT2D eigenvalue weighted by atomic mass is 19.1. The van der Waals surface area contributed by atoms with Crippen LogP contribution < -0.4 is 15.3 Å². The van der Waals surface area contributed by atoms with Gasteiger partial charge in [-0.3, -0.25) is 14.9 Å². The van der Waals surface area contributed by atoms with Crippen LogP contribution in [0.5, 0.6) is 11.5 Å². The lowest BCUT2D eigenvalue weighted by Crippen LogP contribution is -2.19. The van der Waals surface area contributed by atoms with Gasteiger partial charge in [0.05, 0.1) is 24.7 Å². The van der Waals surface area contributed by atoms with Gasteiger partial charge in [-0.15, -0.1) is 0 Å². The maximum Gasteiger partial charge on any atom is 0.266 e. The largest absolute Gasteiger partial charge is 0.865 e. The molecular formula is C16H13FN3O5-. The summed E-state index contributed by atoms with van der Waals surface area (Å²) in [7, 11) is 1.21. The number of nitrogens with one attached hydrogen (secondary N) is 1. The molecule has 2 rings (SSSR count). The van der Waals surface area contributed by atoms with E-state index in [1.807, 2.05) is 0 Å². The zero-order valence-electron chi connectivity index (χ0n) is 13.1. The molecule has 0 aliphatic heterocycles. The lowest BCUT2D eigenvalue weighted by atomic mass is 10.1. The van der Waals surface area contributed by atoms with E-state index in [0.29, 0.717) is 5.56 Å². The minimum absolute atomic E-state index is 0.0133. The lowest BCUT2D eigenvalue weighted by Gasteiger charge is -2.12. The first kappa shape index (κ1) is 17.9. The van der Waals surface area contributed by atoms with E-state index in [-0.39, 0.29) is 17.7 Å².